The van der Waals surface area contributed by atoms with Gasteiger partial charge < -0.3 is 5.32 Å². The number of carbonyl (C=O) groups excluding carboxylic acids is 1. The average Bonchev–Trinajstić information content (AvgIpc) is 2.96. The van der Waals surface area contributed by atoms with Crippen molar-refractivity contribution in [1.29, 1.82) is 0 Å². The summed E-state index contributed by atoms with van der Waals surface area (Å²) in [5.41, 5.74) is 7.02. The lowest BCUT2D eigenvalue weighted by Gasteiger charge is -2.14. The second-order valence-electron chi connectivity index (χ2n) is 7.66. The lowest BCUT2D eigenvalue weighted by molar-refractivity contribution is 0.0977. The first-order chi connectivity index (χ1) is 14.7. The minimum atomic E-state index is -0.216. The maximum absolute atomic E-state index is 12.8. The van der Waals surface area contributed by atoms with Crippen LogP contribution in [-0.2, 0) is 13.5 Å². The van der Waals surface area contributed by atoms with Crippen LogP contribution in [0.5, 0.6) is 0 Å². The molecule has 2 aromatic carbocycles. The predicted molar refractivity (Wildman–Crippen MR) is 130 cm³/mol. The van der Waals surface area contributed by atoms with Gasteiger partial charge in [-0.2, -0.15) is 5.10 Å². The molecule has 7 heteroatoms. The van der Waals surface area contributed by atoms with Gasteiger partial charge in [0.05, 0.1) is 5.69 Å². The normalized spacial score (nSPS) is 11.5. The molecule has 0 bridgehead atoms. The van der Waals surface area contributed by atoms with Crippen LogP contribution < -0.4 is 10.6 Å². The molecule has 0 atom stereocenters. The van der Waals surface area contributed by atoms with Crippen LogP contribution >= 0.6 is 15.9 Å². The van der Waals surface area contributed by atoms with Gasteiger partial charge in [-0.3, -0.25) is 19.8 Å². The van der Waals surface area contributed by atoms with Crippen molar-refractivity contribution >= 4 is 33.5 Å². The van der Waals surface area contributed by atoms with Crippen molar-refractivity contribution in [2.24, 2.45) is 12.0 Å². The summed E-state index contributed by atoms with van der Waals surface area (Å²) in [6.45, 7) is 8.66. The highest BCUT2D eigenvalue weighted by Crippen LogP contribution is 2.17. The quantitative estimate of drug-likeness (QED) is 0.403. The standard InChI is InChI=1S/C24H28BrN5O/c1-15-9-10-16(2)22(13-15)27-24(28-23(31)19-7-6-8-20(25)14-19)26-12-11-21-17(3)29-30(5)18(21)4/h6-10,13-14H,11-12H2,1-5H3,(H2,26,27,28,31). The highest BCUT2D eigenvalue weighted by molar-refractivity contribution is 9.10. The van der Waals surface area contributed by atoms with E-state index in [1.165, 1.54) is 5.56 Å². The first kappa shape index (κ1) is 22.7. The van der Waals surface area contributed by atoms with Crippen LogP contribution in [0.25, 0.3) is 0 Å². The number of hydrogen-bond acceptors (Lipinski definition) is 3. The van der Waals surface area contributed by atoms with Crippen LogP contribution in [0.1, 0.15) is 38.4 Å². The number of anilines is 1. The molecular formula is C24H28BrN5O. The molecule has 0 fully saturated rings. The Bertz CT molecular complexity index is 1130. The highest BCUT2D eigenvalue weighted by Gasteiger charge is 2.12. The number of benzene rings is 2. The monoisotopic (exact) mass is 481 g/mol. The summed E-state index contributed by atoms with van der Waals surface area (Å²) < 4.78 is 2.74. The number of rotatable bonds is 5. The fraction of sp³-hybridized carbons (Fsp3) is 0.292. The van der Waals surface area contributed by atoms with E-state index in [0.717, 1.165) is 39.1 Å². The van der Waals surface area contributed by atoms with Crippen molar-refractivity contribution in [3.05, 3.63) is 80.6 Å². The van der Waals surface area contributed by atoms with Gasteiger partial charge in [0.15, 0.2) is 0 Å². The van der Waals surface area contributed by atoms with Gasteiger partial charge in [-0.15, -0.1) is 0 Å². The SMILES string of the molecule is Cc1ccc(C)c(NC(=NCCc2c(C)nn(C)c2C)NC(=O)c2cccc(Br)c2)c1. The predicted octanol–water partition coefficient (Wildman–Crippen LogP) is 4.86. The first-order valence-corrected chi connectivity index (χ1v) is 11.0. The second kappa shape index (κ2) is 9.92. The van der Waals surface area contributed by atoms with Crippen molar-refractivity contribution in [1.82, 2.24) is 15.1 Å². The fourth-order valence-corrected chi connectivity index (χ4v) is 3.78. The molecule has 1 aromatic heterocycles. The van der Waals surface area contributed by atoms with Crippen LogP contribution in [0.2, 0.25) is 0 Å². The summed E-state index contributed by atoms with van der Waals surface area (Å²) in [6, 6.07) is 13.4. The molecule has 0 saturated carbocycles. The van der Waals surface area contributed by atoms with Gasteiger partial charge in [0.1, 0.15) is 0 Å². The van der Waals surface area contributed by atoms with Gasteiger partial charge in [-0.25, -0.2) is 0 Å². The molecule has 0 spiro atoms. The summed E-state index contributed by atoms with van der Waals surface area (Å²) in [4.78, 5) is 17.5. The first-order valence-electron chi connectivity index (χ1n) is 10.2. The Balaban J connectivity index is 1.83. The van der Waals surface area contributed by atoms with E-state index in [2.05, 4.69) is 49.6 Å². The molecule has 0 aliphatic rings. The van der Waals surface area contributed by atoms with E-state index in [1.807, 2.05) is 56.8 Å². The number of halogens is 1. The van der Waals surface area contributed by atoms with Crippen LogP contribution in [0.15, 0.2) is 51.9 Å². The smallest absolute Gasteiger partial charge is 0.257 e. The fourth-order valence-electron chi connectivity index (χ4n) is 3.38. The zero-order chi connectivity index (χ0) is 22.5. The summed E-state index contributed by atoms with van der Waals surface area (Å²) in [7, 11) is 1.95. The van der Waals surface area contributed by atoms with E-state index < -0.39 is 0 Å². The third-order valence-electron chi connectivity index (χ3n) is 5.26. The van der Waals surface area contributed by atoms with Gasteiger partial charge in [0, 0.05) is 35.0 Å². The Hall–Kier alpha value is -2.93. The molecule has 0 unspecified atom stereocenters. The van der Waals surface area contributed by atoms with Crippen LogP contribution in [0, 0.1) is 27.7 Å². The number of aromatic nitrogens is 2. The van der Waals surface area contributed by atoms with Crippen LogP contribution in [-0.4, -0.2) is 28.2 Å². The van der Waals surface area contributed by atoms with Gasteiger partial charge in [0.25, 0.3) is 5.91 Å². The van der Waals surface area contributed by atoms with Crippen LogP contribution in [0.3, 0.4) is 0 Å². The van der Waals surface area contributed by atoms with E-state index in [1.54, 1.807) is 12.1 Å². The van der Waals surface area contributed by atoms with E-state index in [4.69, 9.17) is 0 Å². The number of nitrogens with zero attached hydrogens (tertiary/aromatic N) is 3. The van der Waals surface area contributed by atoms with E-state index in [9.17, 15) is 4.79 Å². The minimum Gasteiger partial charge on any atom is -0.326 e. The summed E-state index contributed by atoms with van der Waals surface area (Å²) in [5.74, 6) is 0.212. The summed E-state index contributed by atoms with van der Waals surface area (Å²) >= 11 is 3.42. The molecular weight excluding hydrogens is 454 g/mol. The highest BCUT2D eigenvalue weighted by atomic mass is 79.9. The van der Waals surface area contributed by atoms with Crippen molar-refractivity contribution in [2.45, 2.75) is 34.1 Å². The molecule has 0 saturated heterocycles. The summed E-state index contributed by atoms with van der Waals surface area (Å²) in [6.07, 6.45) is 0.746. The maximum atomic E-state index is 12.8. The minimum absolute atomic E-state index is 0.216. The Kier molecular flexibility index (Phi) is 7.28. The Morgan fingerprint density at radius 2 is 1.90 bits per heavy atom. The Morgan fingerprint density at radius 3 is 2.58 bits per heavy atom. The average molecular weight is 482 g/mol. The summed E-state index contributed by atoms with van der Waals surface area (Å²) in [5, 5.41) is 10.7. The molecule has 0 radical (unpaired) electrons. The Morgan fingerprint density at radius 1 is 1.13 bits per heavy atom. The van der Waals surface area contributed by atoms with Crippen molar-refractivity contribution in [3.8, 4) is 0 Å². The molecule has 1 heterocycles. The number of aliphatic imine (C=N–C) groups is 1. The van der Waals surface area contributed by atoms with E-state index in [0.29, 0.717) is 18.1 Å². The second-order valence-corrected chi connectivity index (χ2v) is 8.58. The lowest BCUT2D eigenvalue weighted by atomic mass is 10.1. The third-order valence-corrected chi connectivity index (χ3v) is 5.75. The lowest BCUT2D eigenvalue weighted by Crippen LogP contribution is -2.36. The topological polar surface area (TPSA) is 71.3 Å². The van der Waals surface area contributed by atoms with Gasteiger partial charge in [-0.05, 0) is 75.1 Å². The zero-order valence-electron chi connectivity index (χ0n) is 18.6. The Labute approximate surface area is 191 Å². The van der Waals surface area contributed by atoms with Crippen molar-refractivity contribution in [2.75, 3.05) is 11.9 Å². The molecule has 2 N–H and O–H groups in total. The number of aryl methyl sites for hydroxylation is 4. The maximum Gasteiger partial charge on any atom is 0.257 e. The number of carbonyl (C=O) groups is 1. The number of nitrogens with one attached hydrogen (secondary N) is 2. The van der Waals surface area contributed by atoms with Gasteiger partial charge in [0.2, 0.25) is 5.96 Å². The molecule has 162 valence electrons. The van der Waals surface area contributed by atoms with Crippen molar-refractivity contribution in [3.63, 3.8) is 0 Å². The molecule has 3 aromatic rings. The van der Waals surface area contributed by atoms with Crippen LogP contribution in [0.4, 0.5) is 5.69 Å². The molecule has 1 amide bonds. The molecule has 31 heavy (non-hydrogen) atoms. The van der Waals surface area contributed by atoms with Gasteiger partial charge >= 0.3 is 0 Å². The molecule has 0 aliphatic heterocycles. The number of amides is 1. The third kappa shape index (κ3) is 5.82. The molecule has 6 nitrogen and oxygen atoms in total. The number of guanidine groups is 1. The van der Waals surface area contributed by atoms with Gasteiger partial charge in [-0.1, -0.05) is 34.1 Å². The molecule has 0 aliphatic carbocycles. The van der Waals surface area contributed by atoms with Crippen molar-refractivity contribution < 1.29 is 4.79 Å². The number of hydrogen-bond donors (Lipinski definition) is 2. The largest absolute Gasteiger partial charge is 0.326 e. The molecule has 3 rings (SSSR count). The zero-order valence-corrected chi connectivity index (χ0v) is 20.2. The van der Waals surface area contributed by atoms with E-state index >= 15 is 0 Å². The van der Waals surface area contributed by atoms with E-state index in [-0.39, 0.29) is 5.91 Å².